The number of guanidine groups is 1. The molecule has 0 aliphatic carbocycles. The van der Waals surface area contributed by atoms with Gasteiger partial charge in [0, 0.05) is 13.1 Å². The fourth-order valence-electron chi connectivity index (χ4n) is 3.84. The van der Waals surface area contributed by atoms with Crippen LogP contribution in [0.1, 0.15) is 51.4 Å². The maximum atomic E-state index is 13.1. The summed E-state index contributed by atoms with van der Waals surface area (Å²) in [6.07, 6.45) is 2.06. The summed E-state index contributed by atoms with van der Waals surface area (Å²) in [7, 11) is 0. The molecule has 3 amide bonds. The second kappa shape index (κ2) is 15.5. The van der Waals surface area contributed by atoms with Gasteiger partial charge in [-0.25, -0.2) is 4.79 Å². The summed E-state index contributed by atoms with van der Waals surface area (Å²) in [4.78, 5) is 66.2. The highest BCUT2D eigenvalue weighted by molar-refractivity contribution is 5.94. The number of unbranched alkanes of at least 4 members (excludes halogenated alkanes) is 1. The monoisotopic (exact) mass is 514 g/mol. The van der Waals surface area contributed by atoms with Crippen molar-refractivity contribution in [1.29, 1.82) is 0 Å². The maximum absolute atomic E-state index is 13.1. The van der Waals surface area contributed by atoms with Crippen LogP contribution in [0.15, 0.2) is 4.99 Å². The number of carbonyl (C=O) groups is 5. The summed E-state index contributed by atoms with van der Waals surface area (Å²) in [5.74, 6) is -4.80. The highest BCUT2D eigenvalue weighted by Gasteiger charge is 2.37. The Balaban J connectivity index is 2.86. The topological polar surface area (TPSA) is 270 Å². The van der Waals surface area contributed by atoms with Crippen LogP contribution in [-0.4, -0.2) is 94.5 Å². The summed E-state index contributed by atoms with van der Waals surface area (Å²) in [5, 5.41) is 22.9. The van der Waals surface area contributed by atoms with E-state index in [0.29, 0.717) is 58.2 Å². The van der Waals surface area contributed by atoms with Gasteiger partial charge in [0.2, 0.25) is 17.7 Å². The average molecular weight is 515 g/mol. The first-order valence-corrected chi connectivity index (χ1v) is 11.8. The molecule has 0 radical (unpaired) electrons. The third-order valence-corrected chi connectivity index (χ3v) is 5.70. The third-order valence-electron chi connectivity index (χ3n) is 5.70. The number of likely N-dealkylation sites (tertiary alicyclic amines) is 1. The third kappa shape index (κ3) is 10.4. The molecule has 0 bridgehead atoms. The van der Waals surface area contributed by atoms with Crippen LogP contribution >= 0.6 is 0 Å². The smallest absolute Gasteiger partial charge is 0.326 e. The summed E-state index contributed by atoms with van der Waals surface area (Å²) in [6.45, 7) is 0.985. The summed E-state index contributed by atoms with van der Waals surface area (Å²) < 4.78 is 0. The molecule has 36 heavy (non-hydrogen) atoms. The minimum atomic E-state index is -1.66. The zero-order valence-corrected chi connectivity index (χ0v) is 20.2. The van der Waals surface area contributed by atoms with Crippen LogP contribution in [0.4, 0.5) is 0 Å². The maximum Gasteiger partial charge on any atom is 0.326 e. The van der Waals surface area contributed by atoms with E-state index in [2.05, 4.69) is 15.6 Å². The summed E-state index contributed by atoms with van der Waals surface area (Å²) >= 11 is 0. The van der Waals surface area contributed by atoms with E-state index in [0.717, 1.165) is 0 Å². The molecular weight excluding hydrogens is 476 g/mol. The second-order valence-corrected chi connectivity index (χ2v) is 8.59. The van der Waals surface area contributed by atoms with Crippen LogP contribution in [0, 0.1) is 0 Å². The molecule has 1 aliphatic heterocycles. The number of rotatable bonds is 16. The number of hydrogen-bond acceptors (Lipinski definition) is 8. The molecule has 204 valence electrons. The lowest BCUT2D eigenvalue weighted by Gasteiger charge is -2.28. The van der Waals surface area contributed by atoms with E-state index < -0.39 is 60.2 Å². The summed E-state index contributed by atoms with van der Waals surface area (Å²) in [6, 6.07) is -4.50. The van der Waals surface area contributed by atoms with Gasteiger partial charge in [-0.3, -0.25) is 24.2 Å². The largest absolute Gasteiger partial charge is 0.481 e. The number of hydrogen-bond donors (Lipinski definition) is 8. The number of aliphatic imine (C=N–C) groups is 1. The Morgan fingerprint density at radius 1 is 1.00 bits per heavy atom. The number of amides is 3. The number of aliphatic carboxylic acids is 2. The van der Waals surface area contributed by atoms with Gasteiger partial charge in [0.1, 0.15) is 18.1 Å². The van der Waals surface area contributed by atoms with E-state index in [1.54, 1.807) is 0 Å². The average Bonchev–Trinajstić information content (AvgIpc) is 3.29. The van der Waals surface area contributed by atoms with Gasteiger partial charge in [0.25, 0.3) is 0 Å². The Morgan fingerprint density at radius 2 is 1.69 bits per heavy atom. The molecule has 0 saturated carbocycles. The molecule has 0 aromatic carbocycles. The van der Waals surface area contributed by atoms with Crippen LogP contribution in [0.5, 0.6) is 0 Å². The van der Waals surface area contributed by atoms with Gasteiger partial charge in [-0.15, -0.1) is 0 Å². The van der Waals surface area contributed by atoms with Gasteiger partial charge in [-0.2, -0.15) is 0 Å². The molecular formula is C21H38N8O7. The van der Waals surface area contributed by atoms with E-state index in [-0.39, 0.29) is 12.4 Å². The normalized spacial score (nSPS) is 17.5. The Hall–Kier alpha value is -3.46. The number of nitrogens with two attached hydrogens (primary N) is 4. The SMILES string of the molecule is NCCCCC(NC(=O)C1CCCN1C(=O)C(N)CCCN=C(N)N)C(=O)NC(CC(=O)O)C(=O)O. The molecule has 15 heteroatoms. The number of carboxylic acid groups (broad SMARTS) is 2. The Labute approximate surface area is 209 Å². The van der Waals surface area contributed by atoms with Crippen molar-refractivity contribution in [2.24, 2.45) is 27.9 Å². The number of nitrogens with one attached hydrogen (secondary N) is 2. The predicted molar refractivity (Wildman–Crippen MR) is 129 cm³/mol. The Kier molecular flexibility index (Phi) is 13.2. The quantitative estimate of drug-likeness (QED) is 0.0584. The first-order chi connectivity index (χ1) is 17.0. The molecule has 4 unspecified atom stereocenters. The van der Waals surface area contributed by atoms with E-state index in [1.165, 1.54) is 4.90 Å². The number of nitrogens with zero attached hydrogens (tertiary/aromatic N) is 2. The lowest BCUT2D eigenvalue weighted by Crippen LogP contribution is -2.56. The van der Waals surface area contributed by atoms with Crippen molar-refractivity contribution < 1.29 is 34.2 Å². The highest BCUT2D eigenvalue weighted by Crippen LogP contribution is 2.20. The highest BCUT2D eigenvalue weighted by atomic mass is 16.4. The zero-order chi connectivity index (χ0) is 27.3. The molecule has 1 fully saturated rings. The molecule has 1 rings (SSSR count). The van der Waals surface area contributed by atoms with Gasteiger partial charge >= 0.3 is 11.9 Å². The van der Waals surface area contributed by atoms with Gasteiger partial charge in [0.05, 0.1) is 12.5 Å². The first kappa shape index (κ1) is 30.6. The van der Waals surface area contributed by atoms with Crippen molar-refractivity contribution in [2.45, 2.75) is 75.5 Å². The van der Waals surface area contributed by atoms with E-state index >= 15 is 0 Å². The molecule has 1 saturated heterocycles. The predicted octanol–water partition coefficient (Wildman–Crippen LogP) is -2.98. The molecule has 0 spiro atoms. The molecule has 12 N–H and O–H groups in total. The standard InChI is InChI=1S/C21H38N8O7/c22-8-2-1-6-13(17(32)28-14(20(35)36)11-16(30)31)27-18(33)15-7-4-10-29(15)19(34)12(23)5-3-9-26-21(24)25/h12-15H,1-11,22-23H2,(H,27,33)(H,28,32)(H,30,31)(H,35,36)(H4,24,25,26). The van der Waals surface area contributed by atoms with Crippen molar-refractivity contribution in [3.63, 3.8) is 0 Å². The van der Waals surface area contributed by atoms with Crippen LogP contribution in [0.25, 0.3) is 0 Å². The van der Waals surface area contributed by atoms with Crippen molar-refractivity contribution in [3.8, 4) is 0 Å². The van der Waals surface area contributed by atoms with Crippen LogP contribution in [0.3, 0.4) is 0 Å². The lowest BCUT2D eigenvalue weighted by molar-refractivity contribution is -0.147. The van der Waals surface area contributed by atoms with Crippen molar-refractivity contribution >= 4 is 35.6 Å². The second-order valence-electron chi connectivity index (χ2n) is 8.59. The molecule has 0 aromatic heterocycles. The molecule has 4 atom stereocenters. The van der Waals surface area contributed by atoms with Gasteiger partial charge in [-0.05, 0) is 51.5 Å². The zero-order valence-electron chi connectivity index (χ0n) is 20.2. The number of carbonyl (C=O) groups excluding carboxylic acids is 3. The van der Waals surface area contributed by atoms with Gasteiger partial charge in [-0.1, -0.05) is 0 Å². The first-order valence-electron chi connectivity index (χ1n) is 11.8. The lowest BCUT2D eigenvalue weighted by atomic mass is 10.1. The molecule has 1 heterocycles. The fourth-order valence-corrected chi connectivity index (χ4v) is 3.84. The van der Waals surface area contributed by atoms with E-state index in [9.17, 15) is 29.1 Å². The molecule has 15 nitrogen and oxygen atoms in total. The van der Waals surface area contributed by atoms with Gasteiger partial charge in [0.15, 0.2) is 5.96 Å². The van der Waals surface area contributed by atoms with Crippen molar-refractivity contribution in [3.05, 3.63) is 0 Å². The molecule has 1 aliphatic rings. The Morgan fingerprint density at radius 3 is 2.28 bits per heavy atom. The number of carboxylic acids is 2. The van der Waals surface area contributed by atoms with Crippen LogP contribution < -0.4 is 33.6 Å². The van der Waals surface area contributed by atoms with Crippen LogP contribution in [-0.2, 0) is 24.0 Å². The van der Waals surface area contributed by atoms with Crippen molar-refractivity contribution in [1.82, 2.24) is 15.5 Å². The fraction of sp³-hybridized carbons (Fsp3) is 0.714. The van der Waals surface area contributed by atoms with Crippen LogP contribution in [0.2, 0.25) is 0 Å². The summed E-state index contributed by atoms with van der Waals surface area (Å²) in [5.41, 5.74) is 22.1. The van der Waals surface area contributed by atoms with Gasteiger partial charge < -0.3 is 48.7 Å². The van der Waals surface area contributed by atoms with Crippen molar-refractivity contribution in [2.75, 3.05) is 19.6 Å². The minimum Gasteiger partial charge on any atom is -0.481 e. The Bertz CT molecular complexity index is 818. The van der Waals surface area contributed by atoms with E-state index in [1.807, 2.05) is 0 Å². The molecule has 0 aromatic rings. The van der Waals surface area contributed by atoms with E-state index in [4.69, 9.17) is 28.0 Å². The minimum absolute atomic E-state index is 0.0612.